The van der Waals surface area contributed by atoms with E-state index >= 15 is 0 Å². The zero-order chi connectivity index (χ0) is 19.7. The molecule has 2 heterocycles. The van der Waals surface area contributed by atoms with Crippen LogP contribution in [-0.4, -0.2) is 38.5 Å². The lowest BCUT2D eigenvalue weighted by molar-refractivity contribution is -0.117. The molecule has 28 heavy (non-hydrogen) atoms. The summed E-state index contributed by atoms with van der Waals surface area (Å²) in [5.41, 5.74) is 1.45. The number of hydrogen-bond donors (Lipinski definition) is 2. The van der Waals surface area contributed by atoms with Crippen LogP contribution in [-0.2, 0) is 24.7 Å². The molecule has 3 amide bonds. The SMILES string of the molecule is CC[C@H]1CCc2sc(-c3nnc(SCC(=O)NC(=O)NC4CC4)n3C)cc2C1. The molecule has 0 spiro atoms. The summed E-state index contributed by atoms with van der Waals surface area (Å²) in [6, 6.07) is 2.07. The van der Waals surface area contributed by atoms with Crippen LogP contribution in [0, 0.1) is 5.92 Å². The number of thiophene rings is 1. The van der Waals surface area contributed by atoms with Gasteiger partial charge in [-0.05, 0) is 49.7 Å². The van der Waals surface area contributed by atoms with E-state index in [-0.39, 0.29) is 17.7 Å². The van der Waals surface area contributed by atoms with Gasteiger partial charge in [0.05, 0.1) is 10.6 Å². The van der Waals surface area contributed by atoms with Crippen LogP contribution >= 0.6 is 23.1 Å². The Balaban J connectivity index is 1.37. The van der Waals surface area contributed by atoms with Gasteiger partial charge in [-0.1, -0.05) is 25.1 Å². The van der Waals surface area contributed by atoms with Crippen molar-refractivity contribution in [2.45, 2.75) is 56.6 Å². The minimum Gasteiger partial charge on any atom is -0.335 e. The molecule has 0 bridgehead atoms. The molecule has 0 saturated heterocycles. The first-order valence-electron chi connectivity index (χ1n) is 9.78. The van der Waals surface area contributed by atoms with Gasteiger partial charge >= 0.3 is 6.03 Å². The number of amides is 3. The highest BCUT2D eigenvalue weighted by atomic mass is 32.2. The Kier molecular flexibility index (Phi) is 5.73. The molecular formula is C19H25N5O2S2. The number of aromatic nitrogens is 3. The van der Waals surface area contributed by atoms with E-state index in [2.05, 4.69) is 33.8 Å². The topological polar surface area (TPSA) is 88.9 Å². The predicted molar refractivity (Wildman–Crippen MR) is 111 cm³/mol. The Morgan fingerprint density at radius 2 is 2.14 bits per heavy atom. The third-order valence-electron chi connectivity index (χ3n) is 5.32. The summed E-state index contributed by atoms with van der Waals surface area (Å²) in [6.07, 6.45) is 6.79. The van der Waals surface area contributed by atoms with Gasteiger partial charge in [-0.25, -0.2) is 4.79 Å². The summed E-state index contributed by atoms with van der Waals surface area (Å²) in [6.45, 7) is 2.26. The van der Waals surface area contributed by atoms with Crippen LogP contribution in [0.5, 0.6) is 0 Å². The number of thioether (sulfide) groups is 1. The Morgan fingerprint density at radius 1 is 1.32 bits per heavy atom. The lowest BCUT2D eigenvalue weighted by Gasteiger charge is -2.19. The van der Waals surface area contributed by atoms with Crippen molar-refractivity contribution in [2.24, 2.45) is 13.0 Å². The van der Waals surface area contributed by atoms with Gasteiger partial charge in [-0.2, -0.15) is 0 Å². The highest BCUT2D eigenvalue weighted by molar-refractivity contribution is 7.99. The molecular weight excluding hydrogens is 394 g/mol. The minimum absolute atomic E-state index is 0.128. The fourth-order valence-electron chi connectivity index (χ4n) is 3.45. The first-order chi connectivity index (χ1) is 13.5. The van der Waals surface area contributed by atoms with Crippen molar-refractivity contribution in [3.63, 3.8) is 0 Å². The van der Waals surface area contributed by atoms with Crippen molar-refractivity contribution in [3.05, 3.63) is 16.5 Å². The normalized spacial score (nSPS) is 18.6. The van der Waals surface area contributed by atoms with Gasteiger partial charge < -0.3 is 9.88 Å². The highest BCUT2D eigenvalue weighted by Crippen LogP contribution is 2.37. The van der Waals surface area contributed by atoms with Gasteiger partial charge in [-0.3, -0.25) is 10.1 Å². The van der Waals surface area contributed by atoms with E-state index in [1.807, 2.05) is 23.0 Å². The Bertz CT molecular complexity index is 887. The van der Waals surface area contributed by atoms with Gasteiger partial charge in [0.25, 0.3) is 0 Å². The molecule has 1 atom stereocenters. The smallest absolute Gasteiger partial charge is 0.321 e. The van der Waals surface area contributed by atoms with E-state index in [4.69, 9.17) is 0 Å². The van der Waals surface area contributed by atoms with E-state index < -0.39 is 6.03 Å². The monoisotopic (exact) mass is 419 g/mol. The maximum atomic E-state index is 12.0. The van der Waals surface area contributed by atoms with Crippen molar-refractivity contribution in [1.82, 2.24) is 25.4 Å². The number of rotatable bonds is 6. The molecule has 0 radical (unpaired) electrons. The zero-order valence-corrected chi connectivity index (χ0v) is 17.8. The summed E-state index contributed by atoms with van der Waals surface area (Å²) in [4.78, 5) is 26.2. The second kappa shape index (κ2) is 8.24. The number of urea groups is 1. The fourth-order valence-corrected chi connectivity index (χ4v) is 5.39. The van der Waals surface area contributed by atoms with Crippen LogP contribution < -0.4 is 10.6 Å². The lowest BCUT2D eigenvalue weighted by Crippen LogP contribution is -2.41. The maximum absolute atomic E-state index is 12.0. The molecule has 150 valence electrons. The molecule has 9 heteroatoms. The number of fused-ring (bicyclic) bond motifs is 1. The molecule has 1 saturated carbocycles. The summed E-state index contributed by atoms with van der Waals surface area (Å²) in [5, 5.41) is 14.4. The average Bonchev–Trinajstić information content (AvgIpc) is 3.26. The predicted octanol–water partition coefficient (Wildman–Crippen LogP) is 3.14. The second-order valence-corrected chi connectivity index (χ2v) is 9.61. The molecule has 1 fully saturated rings. The molecule has 0 aromatic carbocycles. The molecule has 2 aromatic rings. The molecule has 0 aliphatic heterocycles. The van der Waals surface area contributed by atoms with E-state index in [9.17, 15) is 9.59 Å². The summed E-state index contributed by atoms with van der Waals surface area (Å²) in [7, 11) is 1.92. The summed E-state index contributed by atoms with van der Waals surface area (Å²) in [5.74, 6) is 1.42. The number of imide groups is 1. The van der Waals surface area contributed by atoms with E-state index in [0.717, 1.165) is 42.3 Å². The number of carbonyl (C=O) groups excluding carboxylic acids is 2. The van der Waals surface area contributed by atoms with Crippen LogP contribution in [0.25, 0.3) is 10.7 Å². The first-order valence-corrected chi connectivity index (χ1v) is 11.6. The third-order valence-corrected chi connectivity index (χ3v) is 7.57. The van der Waals surface area contributed by atoms with E-state index in [0.29, 0.717) is 5.16 Å². The second-order valence-electron chi connectivity index (χ2n) is 7.53. The first kappa shape index (κ1) is 19.4. The van der Waals surface area contributed by atoms with Crippen molar-refractivity contribution >= 4 is 35.0 Å². The van der Waals surface area contributed by atoms with Gasteiger partial charge in [-0.15, -0.1) is 21.5 Å². The summed E-state index contributed by atoms with van der Waals surface area (Å²) < 4.78 is 1.93. The molecule has 2 aromatic heterocycles. The maximum Gasteiger partial charge on any atom is 0.321 e. The minimum atomic E-state index is -0.415. The van der Waals surface area contributed by atoms with Gasteiger partial charge in [0, 0.05) is 18.0 Å². The highest BCUT2D eigenvalue weighted by Gasteiger charge is 2.25. The van der Waals surface area contributed by atoms with Crippen molar-refractivity contribution in [3.8, 4) is 10.7 Å². The summed E-state index contributed by atoms with van der Waals surface area (Å²) >= 11 is 3.10. The van der Waals surface area contributed by atoms with Crippen LogP contribution in [0.1, 0.15) is 43.0 Å². The average molecular weight is 420 g/mol. The fraction of sp³-hybridized carbons (Fsp3) is 0.579. The van der Waals surface area contributed by atoms with Crippen molar-refractivity contribution < 1.29 is 9.59 Å². The molecule has 4 rings (SSSR count). The zero-order valence-electron chi connectivity index (χ0n) is 16.2. The molecule has 0 unspecified atom stereocenters. The van der Waals surface area contributed by atoms with Crippen LogP contribution in [0.15, 0.2) is 11.2 Å². The van der Waals surface area contributed by atoms with Gasteiger partial charge in [0.2, 0.25) is 5.91 Å². The number of hydrogen-bond acceptors (Lipinski definition) is 6. The third kappa shape index (κ3) is 4.41. The Labute approximate surface area is 172 Å². The van der Waals surface area contributed by atoms with Crippen LogP contribution in [0.4, 0.5) is 4.79 Å². The van der Waals surface area contributed by atoms with Gasteiger partial charge in [0.1, 0.15) is 0 Å². The Morgan fingerprint density at radius 3 is 2.89 bits per heavy atom. The van der Waals surface area contributed by atoms with Crippen LogP contribution in [0.3, 0.4) is 0 Å². The largest absolute Gasteiger partial charge is 0.335 e. The number of carbonyl (C=O) groups is 2. The number of aryl methyl sites for hydroxylation is 1. The quantitative estimate of drug-likeness (QED) is 0.702. The van der Waals surface area contributed by atoms with E-state index in [1.54, 1.807) is 0 Å². The number of nitrogens with one attached hydrogen (secondary N) is 2. The molecule has 2 aliphatic carbocycles. The standard InChI is InChI=1S/C19H25N5O2S2/c1-3-11-4-7-14-12(8-11)9-15(28-14)17-22-23-19(24(17)2)27-10-16(25)21-18(26)20-13-5-6-13/h9,11,13H,3-8,10H2,1-2H3,(H2,20,21,25,26)/t11-/m0/s1. The van der Waals surface area contributed by atoms with Crippen molar-refractivity contribution in [1.29, 1.82) is 0 Å². The Hall–Kier alpha value is -1.87. The molecule has 7 nitrogen and oxygen atoms in total. The van der Waals surface area contributed by atoms with Gasteiger partial charge in [0.15, 0.2) is 11.0 Å². The molecule has 2 N–H and O–H groups in total. The lowest BCUT2D eigenvalue weighted by atomic mass is 9.87. The molecule has 2 aliphatic rings. The number of nitrogens with zero attached hydrogens (tertiary/aromatic N) is 3. The van der Waals surface area contributed by atoms with Crippen LogP contribution in [0.2, 0.25) is 0 Å². The van der Waals surface area contributed by atoms with Crippen molar-refractivity contribution in [2.75, 3.05) is 5.75 Å². The van der Waals surface area contributed by atoms with E-state index in [1.165, 1.54) is 35.0 Å².